The van der Waals surface area contributed by atoms with Crippen molar-refractivity contribution in [1.29, 1.82) is 0 Å². The molecule has 0 saturated carbocycles. The van der Waals surface area contributed by atoms with Crippen molar-refractivity contribution in [3.63, 3.8) is 0 Å². The van der Waals surface area contributed by atoms with Gasteiger partial charge in [0.05, 0.1) is 6.04 Å². The Kier molecular flexibility index (Phi) is 6.35. The topological polar surface area (TPSA) is 55.4 Å². The highest BCUT2D eigenvalue weighted by molar-refractivity contribution is 7.10. The van der Waals surface area contributed by atoms with Gasteiger partial charge in [-0.1, -0.05) is 36.4 Å². The van der Waals surface area contributed by atoms with Gasteiger partial charge in [0.2, 0.25) is 0 Å². The Bertz CT molecular complexity index is 856. The number of carbonyl (C=O) groups excluding carboxylic acids is 2. The number of amides is 1. The summed E-state index contributed by atoms with van der Waals surface area (Å²) in [6, 6.07) is 15.2. The molecule has 0 fully saturated rings. The normalized spacial score (nSPS) is 12.0. The monoisotopic (exact) mass is 383 g/mol. The lowest BCUT2D eigenvalue weighted by molar-refractivity contribution is -0.143. The maximum atomic E-state index is 12.3. The third kappa shape index (κ3) is 5.15. The van der Waals surface area contributed by atoms with E-state index in [9.17, 15) is 9.59 Å². The predicted molar refractivity (Wildman–Crippen MR) is 105 cm³/mol. The van der Waals surface area contributed by atoms with Crippen LogP contribution in [0.4, 0.5) is 0 Å². The molecule has 132 valence electrons. The van der Waals surface area contributed by atoms with Gasteiger partial charge < -0.3 is 10.1 Å². The molecule has 0 aliphatic carbocycles. The lowest BCUT2D eigenvalue weighted by atomic mass is 10.1. The van der Waals surface area contributed by atoms with Crippen LogP contribution in [-0.4, -0.2) is 18.5 Å². The number of esters is 1. The maximum absolute atomic E-state index is 12.3. The third-order valence-corrected chi connectivity index (χ3v) is 5.21. The lowest BCUT2D eigenvalue weighted by Gasteiger charge is -2.18. The van der Waals surface area contributed by atoms with Gasteiger partial charge in [-0.3, -0.25) is 4.79 Å². The average Bonchev–Trinajstić information content (AvgIpc) is 3.37. The lowest BCUT2D eigenvalue weighted by Crippen LogP contribution is -2.32. The highest BCUT2D eigenvalue weighted by atomic mass is 32.1. The summed E-state index contributed by atoms with van der Waals surface area (Å²) in [6.07, 6.45) is 2.98. The Labute approximate surface area is 159 Å². The van der Waals surface area contributed by atoms with Crippen molar-refractivity contribution in [3.8, 4) is 0 Å². The molecule has 3 rings (SSSR count). The van der Waals surface area contributed by atoms with E-state index in [1.807, 2.05) is 64.7 Å². The van der Waals surface area contributed by atoms with Crippen LogP contribution in [0, 0.1) is 0 Å². The molecule has 1 N–H and O–H groups in total. The minimum Gasteiger partial charge on any atom is -0.452 e. The molecule has 1 amide bonds. The SMILES string of the molecule is O=C(COC(=O)/C=C/c1ccsc1)N[C@H](c1ccccc1)c1cccs1. The molecule has 0 bridgehead atoms. The van der Waals surface area contributed by atoms with Crippen LogP contribution in [0.1, 0.15) is 22.0 Å². The van der Waals surface area contributed by atoms with Crippen molar-refractivity contribution >= 4 is 40.6 Å². The molecule has 6 heteroatoms. The van der Waals surface area contributed by atoms with Crippen molar-refractivity contribution in [2.24, 2.45) is 0 Å². The van der Waals surface area contributed by atoms with Crippen molar-refractivity contribution < 1.29 is 14.3 Å². The second kappa shape index (κ2) is 9.12. The van der Waals surface area contributed by atoms with Crippen LogP contribution < -0.4 is 5.32 Å². The van der Waals surface area contributed by atoms with Gasteiger partial charge in [0.25, 0.3) is 5.91 Å². The zero-order chi connectivity index (χ0) is 18.2. The summed E-state index contributed by atoms with van der Waals surface area (Å²) in [5.41, 5.74) is 1.91. The Morgan fingerprint density at radius 2 is 1.92 bits per heavy atom. The first kappa shape index (κ1) is 18.1. The molecule has 26 heavy (non-hydrogen) atoms. The number of hydrogen-bond donors (Lipinski definition) is 1. The van der Waals surface area contributed by atoms with Crippen molar-refractivity contribution in [3.05, 3.63) is 86.8 Å². The quantitative estimate of drug-likeness (QED) is 0.490. The van der Waals surface area contributed by atoms with Crippen molar-refractivity contribution in [2.45, 2.75) is 6.04 Å². The van der Waals surface area contributed by atoms with Gasteiger partial charge in [0.1, 0.15) is 0 Å². The highest BCUT2D eigenvalue weighted by Gasteiger charge is 2.18. The molecule has 2 aromatic heterocycles. The minimum atomic E-state index is -0.543. The van der Waals surface area contributed by atoms with E-state index in [2.05, 4.69) is 5.32 Å². The van der Waals surface area contributed by atoms with Gasteiger partial charge in [0, 0.05) is 11.0 Å². The molecule has 4 nitrogen and oxygen atoms in total. The number of carbonyl (C=O) groups is 2. The Morgan fingerprint density at radius 1 is 1.08 bits per heavy atom. The number of benzene rings is 1. The van der Waals surface area contributed by atoms with Crippen LogP contribution in [0.5, 0.6) is 0 Å². The first-order valence-electron chi connectivity index (χ1n) is 7.97. The average molecular weight is 383 g/mol. The van der Waals surface area contributed by atoms with Crippen molar-refractivity contribution in [2.75, 3.05) is 6.61 Å². The van der Waals surface area contributed by atoms with E-state index in [0.717, 1.165) is 16.0 Å². The fourth-order valence-corrected chi connectivity index (χ4v) is 3.77. The number of ether oxygens (including phenoxy) is 1. The molecule has 1 aromatic carbocycles. The maximum Gasteiger partial charge on any atom is 0.331 e. The van der Waals surface area contributed by atoms with Crippen LogP contribution in [0.15, 0.2) is 70.7 Å². The Hall–Kier alpha value is -2.70. The van der Waals surface area contributed by atoms with Crippen LogP contribution in [0.25, 0.3) is 6.08 Å². The molecule has 0 spiro atoms. The fraction of sp³-hybridized carbons (Fsp3) is 0.100. The van der Waals surface area contributed by atoms with Gasteiger partial charge in [-0.15, -0.1) is 11.3 Å². The zero-order valence-corrected chi connectivity index (χ0v) is 15.5. The van der Waals surface area contributed by atoms with E-state index in [1.54, 1.807) is 28.7 Å². The smallest absolute Gasteiger partial charge is 0.331 e. The summed E-state index contributed by atoms with van der Waals surface area (Å²) in [5, 5.41) is 8.74. The molecule has 0 aliphatic heterocycles. The number of thiophene rings is 2. The van der Waals surface area contributed by atoms with Crippen LogP contribution in [0.2, 0.25) is 0 Å². The van der Waals surface area contributed by atoms with E-state index in [-0.39, 0.29) is 18.6 Å². The van der Waals surface area contributed by atoms with Crippen LogP contribution in [0.3, 0.4) is 0 Å². The second-order valence-electron chi connectivity index (χ2n) is 5.42. The molecule has 3 aromatic rings. The van der Waals surface area contributed by atoms with Crippen molar-refractivity contribution in [1.82, 2.24) is 5.32 Å². The summed E-state index contributed by atoms with van der Waals surface area (Å²) in [4.78, 5) is 25.0. The van der Waals surface area contributed by atoms with Gasteiger partial charge >= 0.3 is 5.97 Å². The number of nitrogens with one attached hydrogen (secondary N) is 1. The summed E-state index contributed by atoms with van der Waals surface area (Å²) in [7, 11) is 0. The first-order valence-corrected chi connectivity index (χ1v) is 9.79. The molecule has 1 atom stereocenters. The largest absolute Gasteiger partial charge is 0.452 e. The summed E-state index contributed by atoms with van der Waals surface area (Å²) in [5.74, 6) is -0.886. The molecule has 0 unspecified atom stereocenters. The summed E-state index contributed by atoms with van der Waals surface area (Å²) < 4.78 is 5.03. The molecule has 0 saturated heterocycles. The predicted octanol–water partition coefficient (Wildman–Crippen LogP) is 4.27. The van der Waals surface area contributed by atoms with Gasteiger partial charge in [-0.2, -0.15) is 11.3 Å². The molecule has 0 aliphatic rings. The van der Waals surface area contributed by atoms with E-state index in [4.69, 9.17) is 4.74 Å². The van der Waals surface area contributed by atoms with E-state index < -0.39 is 5.97 Å². The Balaban J connectivity index is 1.57. The standard InChI is InChI=1S/C20H17NO3S2/c22-18(13-24-19(23)9-8-15-10-12-25-14-15)21-20(17-7-4-11-26-17)16-5-2-1-3-6-16/h1-12,14,20H,13H2,(H,21,22)/b9-8+/t20-/m1/s1. The van der Waals surface area contributed by atoms with Gasteiger partial charge in [-0.05, 0) is 45.5 Å². The zero-order valence-electron chi connectivity index (χ0n) is 13.8. The first-order chi connectivity index (χ1) is 12.7. The number of rotatable bonds is 7. The van der Waals surface area contributed by atoms with Crippen LogP contribution >= 0.6 is 22.7 Å². The second-order valence-corrected chi connectivity index (χ2v) is 7.18. The summed E-state index contributed by atoms with van der Waals surface area (Å²) >= 11 is 3.11. The van der Waals surface area contributed by atoms with Crippen LogP contribution in [-0.2, 0) is 14.3 Å². The van der Waals surface area contributed by atoms with Gasteiger partial charge in [0.15, 0.2) is 6.61 Å². The van der Waals surface area contributed by atoms with E-state index >= 15 is 0 Å². The molecular formula is C20H17NO3S2. The highest BCUT2D eigenvalue weighted by Crippen LogP contribution is 2.25. The van der Waals surface area contributed by atoms with E-state index in [1.165, 1.54) is 6.08 Å². The molecule has 2 heterocycles. The van der Waals surface area contributed by atoms with E-state index in [0.29, 0.717) is 0 Å². The minimum absolute atomic E-state index is 0.260. The fourth-order valence-electron chi connectivity index (χ4n) is 2.34. The van der Waals surface area contributed by atoms with Gasteiger partial charge in [-0.25, -0.2) is 4.79 Å². The third-order valence-electron chi connectivity index (χ3n) is 3.57. The summed E-state index contributed by atoms with van der Waals surface area (Å²) in [6.45, 7) is -0.318. The molecular weight excluding hydrogens is 366 g/mol. The Morgan fingerprint density at radius 3 is 2.62 bits per heavy atom. The molecule has 0 radical (unpaired) electrons. The number of hydrogen-bond acceptors (Lipinski definition) is 5.